The highest BCUT2D eigenvalue weighted by atomic mass is 32.2. The molecule has 12 heteroatoms. The van der Waals surface area contributed by atoms with Crippen LogP contribution in [0.5, 0.6) is 46.0 Å². The topological polar surface area (TPSA) is 124 Å². The Morgan fingerprint density at radius 3 is 1.27 bits per heavy atom. The Bertz CT molecular complexity index is 3190. The molecule has 362 valence electrons. The molecule has 0 spiro atoms. The van der Waals surface area contributed by atoms with Gasteiger partial charge in [-0.3, -0.25) is 0 Å². The largest absolute Gasteiger partial charge is 0.490 e. The molecule has 0 aliphatic carbocycles. The van der Waals surface area contributed by atoms with Crippen LogP contribution in [-0.2, 0) is 30.9 Å². The zero-order valence-corrected chi connectivity index (χ0v) is 42.3. The van der Waals surface area contributed by atoms with Gasteiger partial charge in [-0.15, -0.1) is 0 Å². The second-order valence-electron chi connectivity index (χ2n) is 17.2. The molecule has 0 aliphatic rings. The maximum Gasteiger partial charge on any atom is 0.206 e. The van der Waals surface area contributed by atoms with E-state index in [1.807, 2.05) is 116 Å². The Hall–Kier alpha value is -7.28. The molecule has 0 fully saturated rings. The number of ether oxygens (including phenoxy) is 6. The fourth-order valence-corrected chi connectivity index (χ4v) is 10.1. The SMILES string of the molecule is C/C=C/c1ccc(OCC)c(Oc2ccc(S(=O)(=O)c3ccc(C(C)(C)Oc4cccc(Oc5ccc(S(=O)(=O)c6ccc(C(C)(C)Oc7cc(/C=C/C)ccc7OCC)cc6)cc5)c4)cc3)cc2)c1. The van der Waals surface area contributed by atoms with Crippen LogP contribution in [-0.4, -0.2) is 30.0 Å². The van der Waals surface area contributed by atoms with Crippen LogP contribution >= 0.6 is 0 Å². The van der Waals surface area contributed by atoms with Gasteiger partial charge in [0.05, 0.1) is 32.8 Å². The van der Waals surface area contributed by atoms with Crippen LogP contribution in [0.4, 0.5) is 0 Å². The third-order valence-electron chi connectivity index (χ3n) is 11.2. The third-order valence-corrected chi connectivity index (χ3v) is 14.8. The van der Waals surface area contributed by atoms with E-state index in [2.05, 4.69) is 0 Å². The van der Waals surface area contributed by atoms with Gasteiger partial charge >= 0.3 is 0 Å². The summed E-state index contributed by atoms with van der Waals surface area (Å²) < 4.78 is 91.7. The van der Waals surface area contributed by atoms with Crippen LogP contribution in [0.1, 0.15) is 77.6 Å². The lowest BCUT2D eigenvalue weighted by atomic mass is 9.98. The molecule has 0 aromatic heterocycles. The summed E-state index contributed by atoms with van der Waals surface area (Å²) in [6.07, 6.45) is 7.83. The van der Waals surface area contributed by atoms with Crippen molar-refractivity contribution in [2.24, 2.45) is 0 Å². The number of hydrogen-bond acceptors (Lipinski definition) is 10. The van der Waals surface area contributed by atoms with Gasteiger partial charge in [-0.2, -0.15) is 0 Å². The van der Waals surface area contributed by atoms with Gasteiger partial charge in [0.2, 0.25) is 19.7 Å². The predicted molar refractivity (Wildman–Crippen MR) is 275 cm³/mol. The Labute approximate surface area is 412 Å². The van der Waals surface area contributed by atoms with Gasteiger partial charge in [0, 0.05) is 6.07 Å². The Kier molecular flexibility index (Phi) is 15.6. The standard InChI is InChI=1S/C58H58O10S2/c1-9-14-41-18-36-53(63-11-3)55(38-41)66-46-26-34-52(35-27-46)70(61,62)49-28-20-43(21-29-49)57(5,6)67-48-17-13-16-47(40-48)65-45-24-32-51(33-25-45)69(59,60)50-30-22-44(23-31-50)58(7,8)68-56-39-42(15-10-2)19-37-54(56)64-12-4/h9-10,13-40H,11-12H2,1-8H3/b14-9+,15-10+. The van der Waals surface area contributed by atoms with Crippen LogP contribution in [0, 0.1) is 0 Å². The summed E-state index contributed by atoms with van der Waals surface area (Å²) in [5.41, 5.74) is 1.78. The van der Waals surface area contributed by atoms with Crippen molar-refractivity contribution in [1.29, 1.82) is 0 Å². The van der Waals surface area contributed by atoms with Crippen molar-refractivity contribution in [3.8, 4) is 46.0 Å². The first-order valence-electron chi connectivity index (χ1n) is 23.0. The molecular formula is C58H58O10S2. The Balaban J connectivity index is 0.975. The molecule has 0 radical (unpaired) electrons. The molecule has 0 N–H and O–H groups in total. The fourth-order valence-electron chi connectivity index (χ4n) is 7.62. The average Bonchev–Trinajstić information content (AvgIpc) is 3.34. The van der Waals surface area contributed by atoms with Gasteiger partial charge in [-0.05, 0) is 187 Å². The molecule has 70 heavy (non-hydrogen) atoms. The highest BCUT2D eigenvalue weighted by Crippen LogP contribution is 2.38. The molecule has 0 unspecified atom stereocenters. The van der Waals surface area contributed by atoms with Crippen LogP contribution in [0.2, 0.25) is 0 Å². The molecule has 10 nitrogen and oxygen atoms in total. The first-order valence-corrected chi connectivity index (χ1v) is 26.0. The lowest BCUT2D eigenvalue weighted by Crippen LogP contribution is -2.25. The lowest BCUT2D eigenvalue weighted by molar-refractivity contribution is 0.103. The fraction of sp³-hybridized carbons (Fsp3) is 0.207. The van der Waals surface area contributed by atoms with Crippen molar-refractivity contribution in [2.75, 3.05) is 13.2 Å². The Morgan fingerprint density at radius 2 is 0.814 bits per heavy atom. The smallest absolute Gasteiger partial charge is 0.206 e. The van der Waals surface area contributed by atoms with E-state index >= 15 is 0 Å². The summed E-state index contributed by atoms with van der Waals surface area (Å²) in [4.78, 5) is 0.520. The molecule has 0 atom stereocenters. The third kappa shape index (κ3) is 11.9. The van der Waals surface area contributed by atoms with E-state index in [-0.39, 0.29) is 19.6 Å². The Morgan fingerprint density at radius 1 is 0.414 bits per heavy atom. The van der Waals surface area contributed by atoms with E-state index in [0.717, 1.165) is 22.3 Å². The number of sulfone groups is 2. The first-order chi connectivity index (χ1) is 33.4. The van der Waals surface area contributed by atoms with Crippen molar-refractivity contribution in [2.45, 2.75) is 86.2 Å². The second kappa shape index (κ2) is 21.6. The zero-order chi connectivity index (χ0) is 50.1. The van der Waals surface area contributed by atoms with Crippen LogP contribution in [0.3, 0.4) is 0 Å². The minimum absolute atomic E-state index is 0.116. The van der Waals surface area contributed by atoms with E-state index in [1.165, 1.54) is 24.3 Å². The zero-order valence-electron chi connectivity index (χ0n) is 40.6. The first kappa shape index (κ1) is 50.6. The summed E-state index contributed by atoms with van der Waals surface area (Å²) in [5.74, 6) is 4.22. The van der Waals surface area contributed by atoms with E-state index in [4.69, 9.17) is 28.4 Å². The molecule has 7 rings (SSSR count). The van der Waals surface area contributed by atoms with Gasteiger partial charge in [-0.25, -0.2) is 16.8 Å². The van der Waals surface area contributed by atoms with E-state index < -0.39 is 30.9 Å². The molecule has 0 saturated heterocycles. The molecule has 0 aliphatic heterocycles. The molecule has 0 amide bonds. The van der Waals surface area contributed by atoms with Crippen molar-refractivity contribution >= 4 is 31.8 Å². The highest BCUT2D eigenvalue weighted by Gasteiger charge is 2.28. The van der Waals surface area contributed by atoms with Crippen molar-refractivity contribution < 1.29 is 45.3 Å². The molecule has 0 bridgehead atoms. The second-order valence-corrected chi connectivity index (χ2v) is 21.1. The van der Waals surface area contributed by atoms with Gasteiger partial charge in [0.1, 0.15) is 34.2 Å². The summed E-state index contributed by atoms with van der Waals surface area (Å²) in [7, 11) is -7.71. The monoisotopic (exact) mass is 978 g/mol. The maximum absolute atomic E-state index is 13.8. The van der Waals surface area contributed by atoms with Gasteiger partial charge in [-0.1, -0.05) is 66.8 Å². The van der Waals surface area contributed by atoms with Gasteiger partial charge in [0.25, 0.3) is 0 Å². The summed E-state index contributed by atoms with van der Waals surface area (Å²) in [6, 6.07) is 44.4. The summed E-state index contributed by atoms with van der Waals surface area (Å²) in [6.45, 7) is 16.3. The van der Waals surface area contributed by atoms with Crippen molar-refractivity contribution in [3.05, 3.63) is 192 Å². The van der Waals surface area contributed by atoms with Crippen molar-refractivity contribution in [1.82, 2.24) is 0 Å². The van der Waals surface area contributed by atoms with Crippen LogP contribution < -0.4 is 28.4 Å². The van der Waals surface area contributed by atoms with E-state index in [1.54, 1.807) is 97.1 Å². The molecule has 0 saturated carbocycles. The number of rotatable bonds is 20. The minimum Gasteiger partial charge on any atom is -0.490 e. The normalized spacial score (nSPS) is 12.2. The summed E-state index contributed by atoms with van der Waals surface area (Å²) in [5, 5.41) is 0. The van der Waals surface area contributed by atoms with E-state index in [9.17, 15) is 16.8 Å². The minimum atomic E-state index is -3.86. The van der Waals surface area contributed by atoms with Crippen LogP contribution in [0.25, 0.3) is 12.2 Å². The average molecular weight is 979 g/mol. The maximum atomic E-state index is 13.8. The molecule has 7 aromatic rings. The number of benzene rings is 7. The van der Waals surface area contributed by atoms with Crippen LogP contribution in [0.15, 0.2) is 189 Å². The summed E-state index contributed by atoms with van der Waals surface area (Å²) >= 11 is 0. The predicted octanol–water partition coefficient (Wildman–Crippen LogP) is 14.4. The highest BCUT2D eigenvalue weighted by molar-refractivity contribution is 7.91. The van der Waals surface area contributed by atoms with Crippen molar-refractivity contribution in [3.63, 3.8) is 0 Å². The quantitative estimate of drug-likeness (QED) is 0.0729. The molecule has 7 aromatic carbocycles. The molecular weight excluding hydrogens is 921 g/mol. The van der Waals surface area contributed by atoms with E-state index in [0.29, 0.717) is 59.2 Å². The lowest BCUT2D eigenvalue weighted by Gasteiger charge is -2.28. The van der Waals surface area contributed by atoms with Gasteiger partial charge in [0.15, 0.2) is 23.0 Å². The number of hydrogen-bond donors (Lipinski definition) is 0. The number of allylic oxidation sites excluding steroid dienone is 2. The van der Waals surface area contributed by atoms with Gasteiger partial charge < -0.3 is 28.4 Å². The molecule has 0 heterocycles.